The molecule has 3 rings (SSSR count). The Hall–Kier alpha value is -3.32. The molecule has 7 nitrogen and oxygen atoms in total. The first-order valence-electron chi connectivity index (χ1n) is 11.8. The van der Waals surface area contributed by atoms with E-state index >= 15 is 0 Å². The number of ether oxygens (including phenoxy) is 2. The first-order valence-corrected chi connectivity index (χ1v) is 11.8. The molecule has 1 saturated heterocycles. The van der Waals surface area contributed by atoms with Crippen LogP contribution >= 0.6 is 0 Å². The second-order valence-electron chi connectivity index (χ2n) is 8.08. The van der Waals surface area contributed by atoms with Crippen LogP contribution in [0.15, 0.2) is 54.1 Å². The summed E-state index contributed by atoms with van der Waals surface area (Å²) in [4.78, 5) is 30.1. The van der Waals surface area contributed by atoms with Gasteiger partial charge in [-0.05, 0) is 50.7 Å². The zero-order valence-corrected chi connectivity index (χ0v) is 20.4. The summed E-state index contributed by atoms with van der Waals surface area (Å²) in [6.07, 6.45) is 0.713. The van der Waals surface area contributed by atoms with Gasteiger partial charge in [-0.25, -0.2) is 0 Å². The topological polar surface area (TPSA) is 79.3 Å². The van der Waals surface area contributed by atoms with E-state index in [0.29, 0.717) is 42.2 Å². The van der Waals surface area contributed by atoms with E-state index in [0.717, 1.165) is 19.6 Å². The van der Waals surface area contributed by atoms with E-state index in [4.69, 9.17) is 9.47 Å². The molecule has 1 heterocycles. The van der Waals surface area contributed by atoms with Crippen LogP contribution in [0.2, 0.25) is 0 Å². The lowest BCUT2D eigenvalue weighted by Crippen LogP contribution is -2.33. The second-order valence-corrected chi connectivity index (χ2v) is 8.08. The molecule has 0 saturated carbocycles. The fourth-order valence-electron chi connectivity index (χ4n) is 4.34. The highest BCUT2D eigenvalue weighted by Gasteiger charge is 2.46. The van der Waals surface area contributed by atoms with Crippen LogP contribution in [-0.4, -0.2) is 66.5 Å². The number of carbonyl (C=O) groups is 2. The van der Waals surface area contributed by atoms with Crippen molar-refractivity contribution in [3.05, 3.63) is 65.2 Å². The zero-order chi connectivity index (χ0) is 24.7. The lowest BCUT2D eigenvalue weighted by Gasteiger charge is -2.27. The number of rotatable bonds is 11. The van der Waals surface area contributed by atoms with Gasteiger partial charge in [0.05, 0.1) is 25.3 Å². The number of aliphatic hydroxyl groups is 1. The highest BCUT2D eigenvalue weighted by Crippen LogP contribution is 2.42. The van der Waals surface area contributed by atoms with Gasteiger partial charge in [0.15, 0.2) is 11.5 Å². The maximum Gasteiger partial charge on any atom is 0.295 e. The fourth-order valence-corrected chi connectivity index (χ4v) is 4.34. The summed E-state index contributed by atoms with van der Waals surface area (Å²) in [6, 6.07) is 13.5. The summed E-state index contributed by atoms with van der Waals surface area (Å²) in [5.74, 6) is -0.372. The Morgan fingerprint density at radius 1 is 1.03 bits per heavy atom. The van der Waals surface area contributed by atoms with E-state index in [2.05, 4.69) is 18.7 Å². The van der Waals surface area contributed by atoms with Crippen molar-refractivity contribution in [2.24, 2.45) is 0 Å². The van der Waals surface area contributed by atoms with Crippen LogP contribution in [0.3, 0.4) is 0 Å². The van der Waals surface area contributed by atoms with E-state index in [-0.39, 0.29) is 11.3 Å². The van der Waals surface area contributed by atoms with Crippen molar-refractivity contribution in [1.29, 1.82) is 0 Å². The SMILES string of the molecule is CCOc1ccc([C@@H]2C(=C(O)c3ccccc3)C(=O)C(=O)N2CCCN(CC)CC)cc1OC. The van der Waals surface area contributed by atoms with E-state index in [9.17, 15) is 14.7 Å². The van der Waals surface area contributed by atoms with Crippen molar-refractivity contribution in [3.63, 3.8) is 0 Å². The first-order chi connectivity index (χ1) is 16.5. The molecule has 1 fully saturated rings. The van der Waals surface area contributed by atoms with Crippen molar-refractivity contribution in [3.8, 4) is 11.5 Å². The smallest absolute Gasteiger partial charge is 0.295 e. The molecule has 0 bridgehead atoms. The van der Waals surface area contributed by atoms with Gasteiger partial charge in [-0.1, -0.05) is 50.2 Å². The maximum absolute atomic E-state index is 13.2. The Balaban J connectivity index is 2.07. The molecule has 34 heavy (non-hydrogen) atoms. The van der Waals surface area contributed by atoms with Crippen LogP contribution in [0.1, 0.15) is 44.4 Å². The average Bonchev–Trinajstić information content (AvgIpc) is 3.12. The number of amides is 1. The minimum atomic E-state index is -0.721. The highest BCUT2D eigenvalue weighted by molar-refractivity contribution is 6.46. The number of likely N-dealkylation sites (tertiary alicyclic amines) is 1. The van der Waals surface area contributed by atoms with Gasteiger partial charge in [-0.15, -0.1) is 0 Å². The summed E-state index contributed by atoms with van der Waals surface area (Å²) < 4.78 is 11.1. The number of ketones is 1. The molecule has 0 aromatic heterocycles. The number of aliphatic hydroxyl groups excluding tert-OH is 1. The molecule has 2 aromatic rings. The largest absolute Gasteiger partial charge is 0.507 e. The van der Waals surface area contributed by atoms with Crippen LogP contribution in [0, 0.1) is 0 Å². The van der Waals surface area contributed by atoms with Gasteiger partial charge < -0.3 is 24.4 Å². The third-order valence-electron chi connectivity index (χ3n) is 6.16. The summed E-state index contributed by atoms with van der Waals surface area (Å²) >= 11 is 0. The number of hydrogen-bond acceptors (Lipinski definition) is 6. The molecule has 1 N–H and O–H groups in total. The van der Waals surface area contributed by atoms with Gasteiger partial charge in [-0.2, -0.15) is 0 Å². The number of benzene rings is 2. The molecule has 7 heteroatoms. The predicted octanol–water partition coefficient (Wildman–Crippen LogP) is 4.25. The van der Waals surface area contributed by atoms with Gasteiger partial charge in [0.2, 0.25) is 0 Å². The van der Waals surface area contributed by atoms with E-state index in [1.807, 2.05) is 19.1 Å². The van der Waals surface area contributed by atoms with Gasteiger partial charge >= 0.3 is 0 Å². The Bertz CT molecular complexity index is 1030. The van der Waals surface area contributed by atoms with Gasteiger partial charge in [0.1, 0.15) is 5.76 Å². The van der Waals surface area contributed by atoms with Crippen LogP contribution < -0.4 is 9.47 Å². The minimum absolute atomic E-state index is 0.0882. The molecule has 182 valence electrons. The quantitative estimate of drug-likeness (QED) is 0.303. The van der Waals surface area contributed by atoms with Crippen LogP contribution in [0.4, 0.5) is 0 Å². The molecule has 1 aliphatic heterocycles. The summed E-state index contributed by atoms with van der Waals surface area (Å²) in [6.45, 7) is 9.61. The molecular weight excluding hydrogens is 432 g/mol. The molecule has 1 atom stereocenters. The molecule has 0 radical (unpaired) electrons. The van der Waals surface area contributed by atoms with Gasteiger partial charge in [-0.3, -0.25) is 9.59 Å². The standard InChI is InChI=1S/C27H34N2O5/c1-5-28(6-2)16-11-17-29-24(20-14-15-21(34-7-3)22(18-20)33-4)23(26(31)27(29)32)25(30)19-12-9-8-10-13-19/h8-10,12-15,18,24,30H,5-7,11,16-17H2,1-4H3/t24-/m1/s1. The van der Waals surface area contributed by atoms with Crippen LogP contribution in [0.25, 0.3) is 5.76 Å². The summed E-state index contributed by atoms with van der Waals surface area (Å²) in [7, 11) is 1.55. The van der Waals surface area contributed by atoms with Crippen molar-refractivity contribution in [2.45, 2.75) is 33.2 Å². The lowest BCUT2D eigenvalue weighted by molar-refractivity contribution is -0.140. The Morgan fingerprint density at radius 3 is 2.35 bits per heavy atom. The average molecular weight is 467 g/mol. The highest BCUT2D eigenvalue weighted by atomic mass is 16.5. The molecule has 1 aliphatic rings. The number of Topliss-reactive ketones (excluding diaryl/α,β-unsaturated/α-hetero) is 1. The molecule has 1 amide bonds. The van der Waals surface area contributed by atoms with Crippen molar-refractivity contribution < 1.29 is 24.2 Å². The number of carbonyl (C=O) groups excluding carboxylic acids is 2. The summed E-state index contributed by atoms with van der Waals surface area (Å²) in [5, 5.41) is 11.1. The molecule has 0 aliphatic carbocycles. The Kier molecular flexibility index (Phi) is 8.71. The first kappa shape index (κ1) is 25.3. The third-order valence-corrected chi connectivity index (χ3v) is 6.16. The van der Waals surface area contributed by atoms with Crippen molar-refractivity contribution in [1.82, 2.24) is 9.80 Å². The second kappa shape index (κ2) is 11.7. The molecule has 2 aromatic carbocycles. The summed E-state index contributed by atoms with van der Waals surface area (Å²) in [5.41, 5.74) is 1.26. The van der Waals surface area contributed by atoms with E-state index in [1.54, 1.807) is 48.4 Å². The Morgan fingerprint density at radius 2 is 1.74 bits per heavy atom. The number of nitrogens with zero attached hydrogens (tertiary/aromatic N) is 2. The predicted molar refractivity (Wildman–Crippen MR) is 132 cm³/mol. The molecule has 0 spiro atoms. The number of methoxy groups -OCH3 is 1. The van der Waals surface area contributed by atoms with Gasteiger partial charge in [0.25, 0.3) is 11.7 Å². The van der Waals surface area contributed by atoms with Crippen LogP contribution in [0.5, 0.6) is 11.5 Å². The van der Waals surface area contributed by atoms with Crippen molar-refractivity contribution >= 4 is 17.4 Å². The minimum Gasteiger partial charge on any atom is -0.507 e. The normalized spacial score (nSPS) is 17.4. The Labute approximate surface area is 201 Å². The van der Waals surface area contributed by atoms with E-state index < -0.39 is 17.7 Å². The third kappa shape index (κ3) is 5.25. The molecule has 0 unspecified atom stereocenters. The zero-order valence-electron chi connectivity index (χ0n) is 20.4. The fraction of sp³-hybridized carbons (Fsp3) is 0.407. The lowest BCUT2D eigenvalue weighted by atomic mass is 9.95. The number of hydrogen-bond donors (Lipinski definition) is 1. The maximum atomic E-state index is 13.2. The van der Waals surface area contributed by atoms with Crippen molar-refractivity contribution in [2.75, 3.05) is 39.9 Å². The van der Waals surface area contributed by atoms with Crippen LogP contribution in [-0.2, 0) is 9.59 Å². The van der Waals surface area contributed by atoms with Gasteiger partial charge in [0, 0.05) is 12.1 Å². The monoisotopic (exact) mass is 466 g/mol. The molecular formula is C27H34N2O5. The van der Waals surface area contributed by atoms with E-state index in [1.165, 1.54) is 0 Å².